The maximum Gasteiger partial charge on any atom is 0.233 e. The molecule has 1 aromatic rings. The Kier molecular flexibility index (Phi) is 4.74. The minimum Gasteiger partial charge on any atom is -0.490 e. The first kappa shape index (κ1) is 16.1. The fourth-order valence-corrected chi connectivity index (χ4v) is 4.54. The third kappa shape index (κ3) is 4.32. The van der Waals surface area contributed by atoms with Crippen molar-refractivity contribution < 1.29 is 17.5 Å². The van der Waals surface area contributed by atoms with Crippen LogP contribution in [0, 0.1) is 22.6 Å². The Morgan fingerprint density at radius 3 is 2.57 bits per heavy atom. The van der Waals surface area contributed by atoms with E-state index in [1.807, 2.05) is 6.07 Å². The first-order valence-corrected chi connectivity index (χ1v) is 9.06. The molecule has 1 fully saturated rings. The molecule has 0 unspecified atom stereocenters. The zero-order valence-corrected chi connectivity index (χ0v) is 12.9. The Labute approximate surface area is 127 Å². The average molecular weight is 332 g/mol. The van der Waals surface area contributed by atoms with Gasteiger partial charge in [0.1, 0.15) is 0 Å². The van der Waals surface area contributed by atoms with Crippen molar-refractivity contribution >= 4 is 19.7 Å². The fraction of sp³-hybridized carbons (Fsp3) is 0.500. The second-order valence-electron chi connectivity index (χ2n) is 5.44. The van der Waals surface area contributed by atoms with Gasteiger partial charge in [-0.1, -0.05) is 12.8 Å². The number of benzene rings is 1. The van der Waals surface area contributed by atoms with Crippen LogP contribution in [-0.4, -0.2) is 20.8 Å². The normalized spacial score (nSPS) is 17.4. The van der Waals surface area contributed by atoms with Gasteiger partial charge in [-0.05, 0) is 31.0 Å². The minimum absolute atomic E-state index is 0.0206. The van der Waals surface area contributed by atoms with Gasteiger partial charge in [-0.25, -0.2) is 12.8 Å². The van der Waals surface area contributed by atoms with Crippen molar-refractivity contribution in [3.63, 3.8) is 0 Å². The zero-order valence-electron chi connectivity index (χ0n) is 11.3. The second-order valence-corrected chi connectivity index (χ2v) is 8.21. The smallest absolute Gasteiger partial charge is 0.233 e. The van der Waals surface area contributed by atoms with E-state index < -0.39 is 20.3 Å². The highest BCUT2D eigenvalue weighted by Crippen LogP contribution is 2.40. The zero-order chi connectivity index (χ0) is 15.5. The van der Waals surface area contributed by atoms with Crippen molar-refractivity contribution in [2.45, 2.75) is 25.7 Å². The van der Waals surface area contributed by atoms with Gasteiger partial charge in [0, 0.05) is 16.1 Å². The molecule has 0 aliphatic heterocycles. The van der Waals surface area contributed by atoms with Crippen LogP contribution in [0.1, 0.15) is 31.2 Å². The summed E-state index contributed by atoms with van der Waals surface area (Å²) in [5.74, 6) is -0.775. The number of nitriles is 1. The van der Waals surface area contributed by atoms with Gasteiger partial charge in [0.05, 0.1) is 24.0 Å². The average Bonchev–Trinajstić information content (AvgIpc) is 2.83. The number of ether oxygens (including phenoxy) is 1. The third-order valence-electron chi connectivity index (χ3n) is 3.74. The highest BCUT2D eigenvalue weighted by atomic mass is 35.7. The van der Waals surface area contributed by atoms with Gasteiger partial charge >= 0.3 is 0 Å². The van der Waals surface area contributed by atoms with Crippen LogP contribution in [0.5, 0.6) is 5.75 Å². The van der Waals surface area contributed by atoms with Gasteiger partial charge in [-0.2, -0.15) is 5.26 Å². The Morgan fingerprint density at radius 1 is 1.38 bits per heavy atom. The van der Waals surface area contributed by atoms with Gasteiger partial charge in [0.2, 0.25) is 9.05 Å². The lowest BCUT2D eigenvalue weighted by Gasteiger charge is -2.27. The molecule has 2 rings (SSSR count). The molecule has 7 heteroatoms. The Morgan fingerprint density at radius 2 is 2.05 bits per heavy atom. The summed E-state index contributed by atoms with van der Waals surface area (Å²) in [6, 6.07) is 5.77. The van der Waals surface area contributed by atoms with E-state index in [2.05, 4.69) is 0 Å². The van der Waals surface area contributed by atoms with Gasteiger partial charge in [-0.15, -0.1) is 0 Å². The van der Waals surface area contributed by atoms with Crippen LogP contribution in [0.25, 0.3) is 0 Å². The molecular weight excluding hydrogens is 317 g/mol. The van der Waals surface area contributed by atoms with Gasteiger partial charge < -0.3 is 4.74 Å². The summed E-state index contributed by atoms with van der Waals surface area (Å²) in [6.07, 6.45) is 3.20. The van der Waals surface area contributed by atoms with Crippen molar-refractivity contribution in [2.75, 3.05) is 12.4 Å². The standard InChI is InChI=1S/C14H15ClFNO3S/c15-21(18,19)10-14(5-1-2-6-14)9-20-13-4-3-11(8-17)7-12(13)16/h3-4,7H,1-2,5-6,9-10H2. The van der Waals surface area contributed by atoms with Gasteiger partial charge in [-0.3, -0.25) is 0 Å². The van der Waals surface area contributed by atoms with E-state index in [-0.39, 0.29) is 23.7 Å². The van der Waals surface area contributed by atoms with Crippen LogP contribution in [0.3, 0.4) is 0 Å². The molecule has 0 atom stereocenters. The first-order valence-electron chi connectivity index (χ1n) is 6.58. The largest absolute Gasteiger partial charge is 0.490 e. The molecular formula is C14H15ClFNO3S. The molecule has 1 saturated carbocycles. The summed E-state index contributed by atoms with van der Waals surface area (Å²) in [5.41, 5.74) is -0.347. The second kappa shape index (κ2) is 6.20. The van der Waals surface area contributed by atoms with E-state index in [9.17, 15) is 12.8 Å². The number of hydrogen-bond acceptors (Lipinski definition) is 4. The lowest BCUT2D eigenvalue weighted by Crippen LogP contribution is -2.32. The van der Waals surface area contributed by atoms with E-state index in [0.29, 0.717) is 12.8 Å². The summed E-state index contributed by atoms with van der Waals surface area (Å²) < 4.78 is 41.9. The number of nitrogens with zero attached hydrogens (tertiary/aromatic N) is 1. The number of hydrogen-bond donors (Lipinski definition) is 0. The molecule has 114 valence electrons. The van der Waals surface area contributed by atoms with Crippen LogP contribution in [0.4, 0.5) is 4.39 Å². The van der Waals surface area contributed by atoms with Gasteiger partial charge in [0.15, 0.2) is 11.6 Å². The van der Waals surface area contributed by atoms with Crippen LogP contribution >= 0.6 is 10.7 Å². The molecule has 0 saturated heterocycles. The molecule has 0 spiro atoms. The number of halogens is 2. The minimum atomic E-state index is -3.64. The van der Waals surface area contributed by atoms with Crippen LogP contribution < -0.4 is 4.74 Å². The molecule has 0 amide bonds. The quantitative estimate of drug-likeness (QED) is 0.777. The Bertz CT molecular complexity index is 663. The van der Waals surface area contributed by atoms with Crippen molar-refractivity contribution in [3.8, 4) is 11.8 Å². The summed E-state index contributed by atoms with van der Waals surface area (Å²) in [4.78, 5) is 0. The van der Waals surface area contributed by atoms with E-state index in [4.69, 9.17) is 20.7 Å². The summed E-state index contributed by atoms with van der Waals surface area (Å²) in [7, 11) is 1.73. The van der Waals surface area contributed by atoms with Crippen LogP contribution in [-0.2, 0) is 9.05 Å². The number of rotatable bonds is 5. The highest BCUT2D eigenvalue weighted by Gasteiger charge is 2.38. The molecule has 1 aromatic carbocycles. The van der Waals surface area contributed by atoms with Crippen molar-refractivity contribution in [2.24, 2.45) is 5.41 Å². The van der Waals surface area contributed by atoms with Crippen LogP contribution in [0.15, 0.2) is 18.2 Å². The van der Waals surface area contributed by atoms with E-state index in [1.165, 1.54) is 12.1 Å². The Hall–Kier alpha value is -1.32. The molecule has 4 nitrogen and oxygen atoms in total. The summed E-state index contributed by atoms with van der Waals surface area (Å²) in [6.45, 7) is 0.0990. The molecule has 1 aliphatic carbocycles. The summed E-state index contributed by atoms with van der Waals surface area (Å²) >= 11 is 0. The topological polar surface area (TPSA) is 67.2 Å². The molecule has 0 aromatic heterocycles. The molecule has 0 heterocycles. The molecule has 0 radical (unpaired) electrons. The highest BCUT2D eigenvalue weighted by molar-refractivity contribution is 8.13. The maximum absolute atomic E-state index is 13.8. The van der Waals surface area contributed by atoms with Gasteiger partial charge in [0.25, 0.3) is 0 Å². The molecule has 1 aliphatic rings. The monoisotopic (exact) mass is 331 g/mol. The lowest BCUT2D eigenvalue weighted by atomic mass is 9.90. The van der Waals surface area contributed by atoms with E-state index >= 15 is 0 Å². The van der Waals surface area contributed by atoms with E-state index in [0.717, 1.165) is 18.9 Å². The maximum atomic E-state index is 13.8. The predicted octanol–water partition coefficient (Wildman–Crippen LogP) is 3.21. The third-order valence-corrected chi connectivity index (χ3v) is 5.02. The van der Waals surface area contributed by atoms with Crippen molar-refractivity contribution in [1.29, 1.82) is 5.26 Å². The van der Waals surface area contributed by atoms with Crippen molar-refractivity contribution in [3.05, 3.63) is 29.6 Å². The molecule has 21 heavy (non-hydrogen) atoms. The predicted molar refractivity (Wildman–Crippen MR) is 77.2 cm³/mol. The molecule has 0 N–H and O–H groups in total. The first-order chi connectivity index (χ1) is 9.84. The van der Waals surface area contributed by atoms with Crippen molar-refractivity contribution in [1.82, 2.24) is 0 Å². The Balaban J connectivity index is 2.11. The SMILES string of the molecule is N#Cc1ccc(OCC2(CS(=O)(=O)Cl)CCCC2)c(F)c1. The van der Waals surface area contributed by atoms with Crippen LogP contribution in [0.2, 0.25) is 0 Å². The molecule has 0 bridgehead atoms. The van der Waals surface area contributed by atoms with E-state index in [1.54, 1.807) is 0 Å². The lowest BCUT2D eigenvalue weighted by molar-refractivity contribution is 0.165. The summed E-state index contributed by atoms with van der Waals surface area (Å²) in [5, 5.41) is 8.69. The fourth-order valence-electron chi connectivity index (χ4n) is 2.74.